The molecule has 8 nitrogen and oxygen atoms in total. The number of pyridine rings is 1. The fourth-order valence-electron chi connectivity index (χ4n) is 4.29. The maximum atomic E-state index is 12.9. The van der Waals surface area contributed by atoms with E-state index in [4.69, 9.17) is 9.47 Å². The summed E-state index contributed by atoms with van der Waals surface area (Å²) >= 11 is 1.34. The molecule has 1 aliphatic heterocycles. The van der Waals surface area contributed by atoms with Gasteiger partial charge in [0.2, 0.25) is 5.91 Å². The highest BCUT2D eigenvalue weighted by molar-refractivity contribution is 7.16. The molecule has 2 amide bonds. The van der Waals surface area contributed by atoms with Gasteiger partial charge in [0.25, 0.3) is 0 Å². The molecule has 1 aromatic carbocycles. The number of aryl methyl sites for hydroxylation is 1. The van der Waals surface area contributed by atoms with Crippen LogP contribution < -0.4 is 10.1 Å². The molecule has 3 heterocycles. The van der Waals surface area contributed by atoms with Gasteiger partial charge >= 0.3 is 6.09 Å². The van der Waals surface area contributed by atoms with Crippen molar-refractivity contribution in [3.05, 3.63) is 75.4 Å². The molecule has 0 bridgehead atoms. The van der Waals surface area contributed by atoms with Crippen LogP contribution in [0.1, 0.15) is 52.0 Å². The van der Waals surface area contributed by atoms with Crippen molar-refractivity contribution < 1.29 is 19.1 Å². The van der Waals surface area contributed by atoms with Gasteiger partial charge in [-0.15, -0.1) is 11.3 Å². The van der Waals surface area contributed by atoms with E-state index in [1.54, 1.807) is 30.5 Å². The van der Waals surface area contributed by atoms with Gasteiger partial charge in [-0.2, -0.15) is 5.26 Å². The molecule has 0 saturated heterocycles. The smallest absolute Gasteiger partial charge is 0.410 e. The van der Waals surface area contributed by atoms with Crippen LogP contribution >= 0.6 is 11.3 Å². The number of methoxy groups -OCH3 is 1. The van der Waals surface area contributed by atoms with Crippen molar-refractivity contribution in [1.82, 2.24) is 9.88 Å². The van der Waals surface area contributed by atoms with E-state index in [9.17, 15) is 14.9 Å². The lowest BCUT2D eigenvalue weighted by Crippen LogP contribution is -2.35. The fraction of sp³-hybridized carbons (Fsp3) is 0.333. The molecule has 186 valence electrons. The second-order valence-electron chi connectivity index (χ2n) is 8.81. The molecule has 0 radical (unpaired) electrons. The number of nitrogens with zero attached hydrogens (tertiary/aromatic N) is 3. The summed E-state index contributed by atoms with van der Waals surface area (Å²) in [6, 6.07) is 11.8. The molecule has 0 fully saturated rings. The number of aromatic nitrogens is 1. The first-order valence-electron chi connectivity index (χ1n) is 11.7. The van der Waals surface area contributed by atoms with E-state index < -0.39 is 6.09 Å². The van der Waals surface area contributed by atoms with Gasteiger partial charge < -0.3 is 19.7 Å². The number of benzene rings is 1. The van der Waals surface area contributed by atoms with Crippen LogP contribution in [0, 0.1) is 18.3 Å². The van der Waals surface area contributed by atoms with Crippen LogP contribution in [0.2, 0.25) is 0 Å². The summed E-state index contributed by atoms with van der Waals surface area (Å²) in [7, 11) is 1.62. The lowest BCUT2D eigenvalue weighted by atomic mass is 9.95. The summed E-state index contributed by atoms with van der Waals surface area (Å²) in [5.41, 5.74) is 4.25. The van der Waals surface area contributed by atoms with Crippen LogP contribution in [0.15, 0.2) is 42.7 Å². The van der Waals surface area contributed by atoms with E-state index in [1.807, 2.05) is 38.1 Å². The maximum Gasteiger partial charge on any atom is 0.410 e. The number of thiophene rings is 1. The SMILES string of the molecule is COc1ccc(C)cc1[C@@H](C)CC(=O)Nc1sc2c(c1C#N)CCN(C(=O)OCc1cccnc1)C2. The topological polar surface area (TPSA) is 105 Å². The Kier molecular flexibility index (Phi) is 7.86. The number of ether oxygens (including phenoxy) is 2. The van der Waals surface area contributed by atoms with Gasteiger partial charge in [-0.05, 0) is 42.5 Å². The quantitative estimate of drug-likeness (QED) is 0.477. The third-order valence-corrected chi connectivity index (χ3v) is 7.30. The molecule has 0 aliphatic carbocycles. The van der Waals surface area contributed by atoms with Gasteiger partial charge in [-0.3, -0.25) is 9.78 Å². The number of fused-ring (bicyclic) bond motifs is 1. The van der Waals surface area contributed by atoms with Crippen LogP contribution in [-0.2, 0) is 29.1 Å². The lowest BCUT2D eigenvalue weighted by Gasteiger charge is -2.26. The largest absolute Gasteiger partial charge is 0.496 e. The van der Waals surface area contributed by atoms with Gasteiger partial charge in [-0.1, -0.05) is 30.7 Å². The molecule has 1 N–H and O–H groups in total. The molecule has 0 saturated carbocycles. The Balaban J connectivity index is 1.41. The molecule has 36 heavy (non-hydrogen) atoms. The molecule has 1 aliphatic rings. The van der Waals surface area contributed by atoms with Gasteiger partial charge in [-0.25, -0.2) is 4.79 Å². The predicted octanol–water partition coefficient (Wildman–Crippen LogP) is 5.16. The number of hydrogen-bond acceptors (Lipinski definition) is 7. The van der Waals surface area contributed by atoms with E-state index in [1.165, 1.54) is 11.3 Å². The molecule has 1 atom stereocenters. The molecule has 9 heteroatoms. The molecule has 0 unspecified atom stereocenters. The summed E-state index contributed by atoms with van der Waals surface area (Å²) < 4.78 is 10.9. The van der Waals surface area contributed by atoms with Crippen LogP contribution in [0.3, 0.4) is 0 Å². The normalized spacial score (nSPS) is 13.3. The van der Waals surface area contributed by atoms with E-state index in [0.717, 1.165) is 32.9 Å². The zero-order chi connectivity index (χ0) is 25.7. The highest BCUT2D eigenvalue weighted by atomic mass is 32.1. The molecular formula is C27H28N4O4S. The van der Waals surface area contributed by atoms with E-state index in [-0.39, 0.29) is 24.9 Å². The zero-order valence-corrected chi connectivity index (χ0v) is 21.4. The zero-order valence-electron chi connectivity index (χ0n) is 20.5. The van der Waals surface area contributed by atoms with Gasteiger partial charge in [0.15, 0.2) is 0 Å². The monoisotopic (exact) mass is 504 g/mol. The van der Waals surface area contributed by atoms with E-state index in [2.05, 4.69) is 16.4 Å². The Morgan fingerprint density at radius 1 is 1.33 bits per heavy atom. The summed E-state index contributed by atoms with van der Waals surface area (Å²) in [5.74, 6) is 0.514. The maximum absolute atomic E-state index is 12.9. The average Bonchev–Trinajstić information content (AvgIpc) is 3.23. The van der Waals surface area contributed by atoms with Gasteiger partial charge in [0.1, 0.15) is 23.4 Å². The van der Waals surface area contributed by atoms with Crippen LogP contribution in [0.4, 0.5) is 9.80 Å². The fourth-order valence-corrected chi connectivity index (χ4v) is 5.52. The summed E-state index contributed by atoms with van der Waals surface area (Å²) in [6.07, 6.45) is 3.69. The van der Waals surface area contributed by atoms with Crippen LogP contribution in [0.25, 0.3) is 0 Å². The highest BCUT2D eigenvalue weighted by Crippen LogP contribution is 2.37. The molecule has 4 rings (SSSR count). The van der Waals surface area contributed by atoms with E-state index >= 15 is 0 Å². The first kappa shape index (κ1) is 25.2. The lowest BCUT2D eigenvalue weighted by molar-refractivity contribution is -0.116. The Labute approximate surface area is 214 Å². The number of carbonyl (C=O) groups excluding carboxylic acids is 2. The minimum Gasteiger partial charge on any atom is -0.496 e. The average molecular weight is 505 g/mol. The summed E-state index contributed by atoms with van der Waals surface area (Å²) in [6.45, 7) is 4.92. The minimum atomic E-state index is -0.414. The Morgan fingerprint density at radius 2 is 2.17 bits per heavy atom. The van der Waals surface area contributed by atoms with Crippen molar-refractivity contribution in [2.75, 3.05) is 19.0 Å². The number of rotatable bonds is 7. The van der Waals surface area contributed by atoms with Crippen LogP contribution in [-0.4, -0.2) is 35.5 Å². The number of amides is 2. The first-order valence-corrected chi connectivity index (χ1v) is 12.5. The standard InChI is InChI=1S/C27H28N4O4S/c1-17-6-7-23(34-3)21(11-17)18(2)12-25(32)30-26-22(13-28)20-8-10-31(15-24(20)36-26)27(33)35-16-19-5-4-9-29-14-19/h4-7,9,11,14,18H,8,10,12,15-16H2,1-3H3,(H,30,32)/t18-/m0/s1. The molecule has 2 aromatic heterocycles. The number of carbonyl (C=O) groups is 2. The second-order valence-corrected chi connectivity index (χ2v) is 9.91. The number of nitriles is 1. The third kappa shape index (κ3) is 5.66. The van der Waals surface area contributed by atoms with Gasteiger partial charge in [0, 0.05) is 35.8 Å². The van der Waals surface area contributed by atoms with Crippen molar-refractivity contribution in [1.29, 1.82) is 5.26 Å². The highest BCUT2D eigenvalue weighted by Gasteiger charge is 2.28. The number of hydrogen-bond donors (Lipinski definition) is 1. The minimum absolute atomic E-state index is 0.0648. The van der Waals surface area contributed by atoms with Crippen molar-refractivity contribution in [3.8, 4) is 11.8 Å². The summed E-state index contributed by atoms with van der Waals surface area (Å²) in [5, 5.41) is 13.3. The van der Waals surface area contributed by atoms with Gasteiger partial charge in [0.05, 0.1) is 19.2 Å². The summed E-state index contributed by atoms with van der Waals surface area (Å²) in [4.78, 5) is 32.0. The Hall–Kier alpha value is -3.90. The second kappa shape index (κ2) is 11.2. The van der Waals surface area contributed by atoms with Crippen molar-refractivity contribution >= 4 is 28.3 Å². The molecule has 0 spiro atoms. The molecule has 3 aromatic rings. The number of nitrogens with one attached hydrogen (secondary N) is 1. The Bertz CT molecular complexity index is 1300. The van der Waals surface area contributed by atoms with Crippen molar-refractivity contribution in [3.63, 3.8) is 0 Å². The first-order chi connectivity index (χ1) is 17.4. The molecular weight excluding hydrogens is 476 g/mol. The van der Waals surface area contributed by atoms with Crippen LogP contribution in [0.5, 0.6) is 5.75 Å². The van der Waals surface area contributed by atoms with Crippen molar-refractivity contribution in [2.45, 2.75) is 45.8 Å². The predicted molar refractivity (Wildman–Crippen MR) is 137 cm³/mol. The number of anilines is 1. The van der Waals surface area contributed by atoms with E-state index in [0.29, 0.717) is 30.1 Å². The third-order valence-electron chi connectivity index (χ3n) is 6.17. The van der Waals surface area contributed by atoms with Crippen molar-refractivity contribution in [2.24, 2.45) is 0 Å². The Morgan fingerprint density at radius 3 is 2.89 bits per heavy atom.